The number of anilines is 1. The van der Waals surface area contributed by atoms with Crippen molar-refractivity contribution < 1.29 is 37.7 Å². The SMILES string of the molecule is COc1c(N2CCCC(=C(F)CNC(=O)C(NC(=O)OC(C)(C)C)C(C)C)C2)c(F)cc2c(=O)c(C(=O)O)cn(C3CC3)c12. The molecule has 1 atom stereocenters. The Bertz CT molecular complexity index is 1560. The van der Waals surface area contributed by atoms with Gasteiger partial charge in [0, 0.05) is 25.3 Å². The highest BCUT2D eigenvalue weighted by molar-refractivity contribution is 5.97. The highest BCUT2D eigenvalue weighted by Gasteiger charge is 2.33. The summed E-state index contributed by atoms with van der Waals surface area (Å²) in [5, 5.41) is 14.5. The first-order chi connectivity index (χ1) is 20.6. The Balaban J connectivity index is 1.59. The second-order valence-electron chi connectivity index (χ2n) is 12.6. The third-order valence-electron chi connectivity index (χ3n) is 7.60. The van der Waals surface area contributed by atoms with Gasteiger partial charge in [-0.2, -0.15) is 0 Å². The number of amides is 2. The van der Waals surface area contributed by atoms with Gasteiger partial charge in [0.2, 0.25) is 11.3 Å². The Morgan fingerprint density at radius 1 is 1.20 bits per heavy atom. The van der Waals surface area contributed by atoms with E-state index in [1.165, 1.54) is 13.3 Å². The first-order valence-electron chi connectivity index (χ1n) is 14.7. The lowest BCUT2D eigenvalue weighted by Crippen LogP contribution is -2.51. The van der Waals surface area contributed by atoms with Crippen LogP contribution in [0.3, 0.4) is 0 Å². The van der Waals surface area contributed by atoms with E-state index in [0.29, 0.717) is 30.5 Å². The van der Waals surface area contributed by atoms with Gasteiger partial charge >= 0.3 is 12.1 Å². The average molecular weight is 619 g/mol. The third kappa shape index (κ3) is 7.13. The molecule has 1 saturated heterocycles. The number of nitrogens with zero attached hydrogens (tertiary/aromatic N) is 2. The van der Waals surface area contributed by atoms with E-state index >= 15 is 8.78 Å². The van der Waals surface area contributed by atoms with Gasteiger partial charge in [0.1, 0.15) is 28.7 Å². The zero-order chi connectivity index (χ0) is 32.5. The number of piperidine rings is 1. The van der Waals surface area contributed by atoms with Crippen molar-refractivity contribution in [3.63, 3.8) is 0 Å². The van der Waals surface area contributed by atoms with E-state index in [1.807, 2.05) is 0 Å². The number of carboxylic acids is 1. The Morgan fingerprint density at radius 2 is 1.89 bits per heavy atom. The van der Waals surface area contributed by atoms with Gasteiger partial charge < -0.3 is 34.7 Å². The number of aromatic carboxylic acids is 1. The van der Waals surface area contributed by atoms with E-state index in [4.69, 9.17) is 9.47 Å². The maximum atomic E-state index is 15.7. The fourth-order valence-electron chi connectivity index (χ4n) is 5.38. The molecule has 4 rings (SSSR count). The molecule has 240 valence electrons. The Morgan fingerprint density at radius 3 is 2.45 bits per heavy atom. The van der Waals surface area contributed by atoms with E-state index in [2.05, 4.69) is 10.6 Å². The van der Waals surface area contributed by atoms with Crippen LogP contribution in [0.25, 0.3) is 10.9 Å². The number of hydrogen-bond donors (Lipinski definition) is 3. The number of carboxylic acid groups (broad SMARTS) is 1. The molecule has 0 spiro atoms. The number of methoxy groups -OCH3 is 1. The minimum Gasteiger partial charge on any atom is -0.492 e. The lowest BCUT2D eigenvalue weighted by molar-refractivity contribution is -0.124. The second kappa shape index (κ2) is 12.8. The van der Waals surface area contributed by atoms with Crippen LogP contribution in [0.1, 0.15) is 76.7 Å². The van der Waals surface area contributed by atoms with Gasteiger partial charge in [-0.3, -0.25) is 9.59 Å². The van der Waals surface area contributed by atoms with Gasteiger partial charge in [0.15, 0.2) is 11.6 Å². The molecule has 2 amide bonds. The van der Waals surface area contributed by atoms with Gasteiger partial charge in [-0.1, -0.05) is 13.8 Å². The lowest BCUT2D eigenvalue weighted by Gasteiger charge is -2.33. The highest BCUT2D eigenvalue weighted by atomic mass is 19.1. The number of benzene rings is 1. The van der Waals surface area contributed by atoms with Gasteiger partial charge in [-0.25, -0.2) is 18.4 Å². The molecule has 3 N–H and O–H groups in total. The van der Waals surface area contributed by atoms with E-state index in [-0.39, 0.29) is 35.3 Å². The first kappa shape index (κ1) is 32.7. The number of rotatable bonds is 9. The van der Waals surface area contributed by atoms with E-state index in [1.54, 1.807) is 44.1 Å². The summed E-state index contributed by atoms with van der Waals surface area (Å²) in [6.45, 7) is 8.55. The number of ether oxygens (including phenoxy) is 2. The van der Waals surface area contributed by atoms with Crippen molar-refractivity contribution >= 4 is 34.6 Å². The van der Waals surface area contributed by atoms with Crippen LogP contribution >= 0.6 is 0 Å². The number of nitrogens with one attached hydrogen (secondary N) is 2. The molecule has 2 aromatic rings. The largest absolute Gasteiger partial charge is 0.492 e. The van der Waals surface area contributed by atoms with Crippen LogP contribution in [-0.2, 0) is 9.53 Å². The molecule has 2 heterocycles. The lowest BCUT2D eigenvalue weighted by atomic mass is 10.0. The Hall–Kier alpha value is -4.16. The smallest absolute Gasteiger partial charge is 0.408 e. The van der Waals surface area contributed by atoms with Crippen molar-refractivity contribution in [2.45, 2.75) is 78.0 Å². The molecule has 1 aromatic heterocycles. The van der Waals surface area contributed by atoms with Crippen molar-refractivity contribution in [3.8, 4) is 5.75 Å². The Labute approximate surface area is 254 Å². The van der Waals surface area contributed by atoms with Crippen molar-refractivity contribution in [3.05, 3.63) is 45.3 Å². The number of pyridine rings is 1. The van der Waals surface area contributed by atoms with Crippen molar-refractivity contribution in [1.82, 2.24) is 15.2 Å². The van der Waals surface area contributed by atoms with Crippen LogP contribution in [0, 0.1) is 11.7 Å². The van der Waals surface area contributed by atoms with Crippen molar-refractivity contribution in [2.75, 3.05) is 31.6 Å². The number of halogens is 2. The summed E-state index contributed by atoms with van der Waals surface area (Å²) in [4.78, 5) is 51.5. The number of carbonyl (C=O) groups excluding carboxylic acids is 2. The van der Waals surface area contributed by atoms with Gasteiger partial charge in [-0.05, 0) is 64.0 Å². The molecule has 11 nitrogen and oxygen atoms in total. The van der Waals surface area contributed by atoms with Crippen LogP contribution in [-0.4, -0.2) is 66.0 Å². The summed E-state index contributed by atoms with van der Waals surface area (Å²) < 4.78 is 43.8. The zero-order valence-electron chi connectivity index (χ0n) is 25.9. The van der Waals surface area contributed by atoms with E-state index < -0.39 is 58.8 Å². The molecule has 1 unspecified atom stereocenters. The molecule has 1 aromatic carbocycles. The number of alkyl carbamates (subject to hydrolysis) is 1. The summed E-state index contributed by atoms with van der Waals surface area (Å²) in [6.07, 6.45) is 2.93. The average Bonchev–Trinajstić information content (AvgIpc) is 3.78. The molecular weight excluding hydrogens is 578 g/mol. The first-order valence-corrected chi connectivity index (χ1v) is 14.7. The summed E-state index contributed by atoms with van der Waals surface area (Å²) in [5.74, 6) is -3.57. The topological polar surface area (TPSA) is 139 Å². The van der Waals surface area contributed by atoms with Crippen LogP contribution in [0.15, 0.2) is 28.5 Å². The number of hydrogen-bond acceptors (Lipinski definition) is 7. The normalized spacial score (nSPS) is 17.3. The summed E-state index contributed by atoms with van der Waals surface area (Å²) in [6, 6.07) is 0.0204. The molecule has 44 heavy (non-hydrogen) atoms. The zero-order valence-corrected chi connectivity index (χ0v) is 25.9. The molecule has 0 radical (unpaired) electrons. The molecule has 1 aliphatic heterocycles. The van der Waals surface area contributed by atoms with Gasteiger partial charge in [0.25, 0.3) is 0 Å². The third-order valence-corrected chi connectivity index (χ3v) is 7.60. The number of aromatic nitrogens is 1. The quantitative estimate of drug-likeness (QED) is 0.369. The molecule has 1 aliphatic carbocycles. The monoisotopic (exact) mass is 618 g/mol. The summed E-state index contributed by atoms with van der Waals surface area (Å²) in [7, 11) is 1.35. The van der Waals surface area contributed by atoms with Crippen molar-refractivity contribution in [1.29, 1.82) is 0 Å². The maximum absolute atomic E-state index is 15.7. The fourth-order valence-corrected chi connectivity index (χ4v) is 5.38. The van der Waals surface area contributed by atoms with Crippen LogP contribution < -0.4 is 25.7 Å². The van der Waals surface area contributed by atoms with E-state index in [9.17, 15) is 24.3 Å². The van der Waals surface area contributed by atoms with Crippen molar-refractivity contribution in [2.24, 2.45) is 5.92 Å². The summed E-state index contributed by atoms with van der Waals surface area (Å²) in [5.41, 5.74) is -1.31. The number of fused-ring (bicyclic) bond motifs is 1. The minimum atomic E-state index is -1.40. The maximum Gasteiger partial charge on any atom is 0.408 e. The van der Waals surface area contributed by atoms with Crippen LogP contribution in [0.4, 0.5) is 19.3 Å². The summed E-state index contributed by atoms with van der Waals surface area (Å²) >= 11 is 0. The highest BCUT2D eigenvalue weighted by Crippen LogP contribution is 2.44. The fraction of sp³-hybridized carbons (Fsp3) is 0.548. The van der Waals surface area contributed by atoms with E-state index in [0.717, 1.165) is 18.9 Å². The molecular formula is C31H40F2N4O7. The molecule has 13 heteroatoms. The molecule has 1 saturated carbocycles. The standard InChI is InChI=1S/C31H40F2N4O7/c1-16(2)23(35-30(42)44-31(3,4)5)28(39)34-13-22(33)17-8-7-11-36(14-17)25-21(32)12-19-24(27(25)43-6)37(18-9-10-18)15-20(26(19)38)29(40)41/h12,15-16,18,23H,7-11,13-14H2,1-6H3,(H,34,39)(H,35,42)(H,40,41). The predicted molar refractivity (Wildman–Crippen MR) is 161 cm³/mol. The molecule has 2 aliphatic rings. The van der Waals surface area contributed by atoms with Crippen LogP contribution in [0.2, 0.25) is 0 Å². The Kier molecular flexibility index (Phi) is 9.55. The predicted octanol–water partition coefficient (Wildman–Crippen LogP) is 4.67. The van der Waals surface area contributed by atoms with Crippen LogP contribution in [0.5, 0.6) is 5.75 Å². The number of carbonyl (C=O) groups is 3. The van der Waals surface area contributed by atoms with Gasteiger partial charge in [0.05, 0.1) is 24.6 Å². The molecule has 0 bridgehead atoms. The van der Waals surface area contributed by atoms with Gasteiger partial charge in [-0.15, -0.1) is 0 Å². The molecule has 2 fully saturated rings. The second-order valence-corrected chi connectivity index (χ2v) is 12.6. The minimum absolute atomic E-state index is 0.00509.